The van der Waals surface area contributed by atoms with E-state index in [4.69, 9.17) is 10.5 Å². The average molecular weight is 521 g/mol. The van der Waals surface area contributed by atoms with Gasteiger partial charge in [0, 0.05) is 25.4 Å². The number of nitrogens with one attached hydrogen (secondary N) is 1. The van der Waals surface area contributed by atoms with Crippen LogP contribution in [0.15, 0.2) is 24.3 Å². The Labute approximate surface area is 224 Å². The molecule has 2 aromatic rings. The molecule has 2 aromatic heterocycles. The van der Waals surface area contributed by atoms with Crippen LogP contribution in [0.2, 0.25) is 0 Å². The molecule has 3 saturated carbocycles. The number of hydrogen-bond acceptors (Lipinski definition) is 7. The zero-order valence-corrected chi connectivity index (χ0v) is 22.6. The normalized spacial score (nSPS) is 34.4. The highest BCUT2D eigenvalue weighted by Crippen LogP contribution is 2.66. The van der Waals surface area contributed by atoms with E-state index in [1.807, 2.05) is 10.6 Å². The number of carbonyl (C=O) groups is 2. The van der Waals surface area contributed by atoms with E-state index in [0.29, 0.717) is 73.2 Å². The third kappa shape index (κ3) is 4.14. The van der Waals surface area contributed by atoms with Crippen molar-refractivity contribution < 1.29 is 14.3 Å². The van der Waals surface area contributed by atoms with Crippen LogP contribution in [-0.4, -0.2) is 51.0 Å². The third-order valence-electron chi connectivity index (χ3n) is 10.7. The van der Waals surface area contributed by atoms with Crippen LogP contribution in [0.1, 0.15) is 65.2 Å². The second-order valence-electron chi connectivity index (χ2n) is 12.4. The predicted octanol–water partition coefficient (Wildman–Crippen LogP) is 3.69. The van der Waals surface area contributed by atoms with Crippen molar-refractivity contribution in [2.45, 2.75) is 71.8 Å². The number of allylic oxidation sites excluding steroid dienone is 1. The summed E-state index contributed by atoms with van der Waals surface area (Å²) < 4.78 is 7.70. The van der Waals surface area contributed by atoms with Crippen molar-refractivity contribution in [2.75, 3.05) is 25.5 Å². The molecule has 2 heterocycles. The van der Waals surface area contributed by atoms with E-state index in [1.165, 1.54) is 24.7 Å². The number of fused-ring (bicyclic) bond motifs is 6. The topological polar surface area (TPSA) is 125 Å². The Morgan fingerprint density at radius 1 is 1.11 bits per heavy atom. The predicted molar refractivity (Wildman–Crippen MR) is 144 cm³/mol. The molecular weight excluding hydrogens is 480 g/mol. The van der Waals surface area contributed by atoms with Gasteiger partial charge in [-0.15, -0.1) is 0 Å². The van der Waals surface area contributed by atoms with Gasteiger partial charge in [0.15, 0.2) is 17.2 Å². The molecule has 3 N–H and O–H groups in total. The van der Waals surface area contributed by atoms with Crippen molar-refractivity contribution in [1.29, 1.82) is 0 Å². The van der Waals surface area contributed by atoms with Crippen LogP contribution < -0.4 is 11.1 Å². The van der Waals surface area contributed by atoms with Gasteiger partial charge in [0.25, 0.3) is 0 Å². The summed E-state index contributed by atoms with van der Waals surface area (Å²) in [6.45, 7) is 6.89. The van der Waals surface area contributed by atoms with Crippen LogP contribution >= 0.6 is 0 Å². The first-order valence-electron chi connectivity index (χ1n) is 14.3. The molecule has 204 valence electrons. The largest absolute Gasteiger partial charge is 0.382 e. The average Bonchev–Trinajstić information content (AvgIpc) is 3.48. The van der Waals surface area contributed by atoms with Crippen LogP contribution in [0, 0.1) is 34.5 Å². The van der Waals surface area contributed by atoms with Gasteiger partial charge >= 0.3 is 0 Å². The number of aromatic nitrogens is 4. The van der Waals surface area contributed by atoms with E-state index in [0.717, 1.165) is 32.1 Å². The van der Waals surface area contributed by atoms with E-state index in [2.05, 4.69) is 34.1 Å². The summed E-state index contributed by atoms with van der Waals surface area (Å²) in [6, 6.07) is 0. The number of anilines is 1. The smallest absolute Gasteiger partial charge is 0.223 e. The number of nitrogens with zero attached hydrogens (tertiary/aromatic N) is 4. The molecule has 0 aromatic carbocycles. The first-order chi connectivity index (χ1) is 18.3. The maximum atomic E-state index is 13.3. The minimum atomic E-state index is 0.0698. The van der Waals surface area contributed by atoms with Crippen LogP contribution in [0.5, 0.6) is 0 Å². The lowest BCUT2D eigenvalue weighted by atomic mass is 9.47. The molecular formula is C29H40N6O3. The molecule has 0 aliphatic heterocycles. The SMILES string of the molecule is C[C@]12CC[C@H]3[C@@H](CCC4=CC(=O)CC[C@@]43C)[C@@H]1CC[C@@H]2C(=O)NCCOCCn1cnc2c(N)ncnc21. The van der Waals surface area contributed by atoms with Crippen LogP contribution in [0.3, 0.4) is 0 Å². The highest BCUT2D eigenvalue weighted by atomic mass is 16.5. The molecule has 4 aliphatic rings. The zero-order valence-electron chi connectivity index (χ0n) is 22.6. The number of carbonyl (C=O) groups excluding carboxylic acids is 2. The fourth-order valence-corrected chi connectivity index (χ4v) is 8.69. The van der Waals surface area contributed by atoms with Gasteiger partial charge in [0.2, 0.25) is 5.91 Å². The van der Waals surface area contributed by atoms with Gasteiger partial charge in [0.1, 0.15) is 11.8 Å². The van der Waals surface area contributed by atoms with Gasteiger partial charge < -0.3 is 20.4 Å². The van der Waals surface area contributed by atoms with Gasteiger partial charge in [-0.3, -0.25) is 9.59 Å². The Bertz CT molecular complexity index is 1270. The van der Waals surface area contributed by atoms with Crippen LogP contribution in [0.4, 0.5) is 5.82 Å². The summed E-state index contributed by atoms with van der Waals surface area (Å²) >= 11 is 0. The highest BCUT2D eigenvalue weighted by molar-refractivity contribution is 5.91. The molecule has 9 nitrogen and oxygen atoms in total. The number of rotatable bonds is 7. The molecule has 4 aliphatic carbocycles. The van der Waals surface area contributed by atoms with E-state index < -0.39 is 0 Å². The number of ketones is 1. The molecule has 0 spiro atoms. The lowest BCUT2D eigenvalue weighted by Gasteiger charge is -2.58. The van der Waals surface area contributed by atoms with Crippen molar-refractivity contribution in [3.05, 3.63) is 24.3 Å². The number of imidazole rings is 1. The second kappa shape index (κ2) is 9.74. The van der Waals surface area contributed by atoms with Crippen LogP contribution in [0.25, 0.3) is 11.2 Å². The second-order valence-corrected chi connectivity index (χ2v) is 12.4. The maximum Gasteiger partial charge on any atom is 0.223 e. The quantitative estimate of drug-likeness (QED) is 0.534. The minimum absolute atomic E-state index is 0.0698. The molecule has 1 amide bonds. The van der Waals surface area contributed by atoms with Crippen molar-refractivity contribution >= 4 is 28.7 Å². The standard InChI is InChI=1S/C29H40N6O3/c1-28-9-7-19(36)15-18(28)3-4-20-21-5-6-23(29(21,2)10-8-22(20)28)27(37)31-11-13-38-14-12-35-17-34-24-25(30)32-16-33-26(24)35/h15-17,20-23H,3-14H2,1-2H3,(H,31,37)(H2,30,32,33)/t20-,21-,22-,23+,28-,29-/m0/s1. The molecule has 3 fully saturated rings. The molecule has 0 bridgehead atoms. The van der Waals surface area contributed by atoms with Crippen molar-refractivity contribution in [2.24, 2.45) is 34.5 Å². The lowest BCUT2D eigenvalue weighted by molar-refractivity contribution is -0.132. The molecule has 6 atom stereocenters. The number of hydrogen-bond donors (Lipinski definition) is 2. The van der Waals surface area contributed by atoms with Crippen molar-refractivity contribution in [3.8, 4) is 0 Å². The Hall–Kier alpha value is -2.81. The summed E-state index contributed by atoms with van der Waals surface area (Å²) in [7, 11) is 0. The summed E-state index contributed by atoms with van der Waals surface area (Å²) in [6.07, 6.45) is 13.4. The summed E-state index contributed by atoms with van der Waals surface area (Å²) in [4.78, 5) is 37.9. The summed E-state index contributed by atoms with van der Waals surface area (Å²) in [5.41, 5.74) is 8.81. The van der Waals surface area contributed by atoms with Gasteiger partial charge in [-0.1, -0.05) is 19.4 Å². The molecule has 0 saturated heterocycles. The van der Waals surface area contributed by atoms with Gasteiger partial charge in [-0.25, -0.2) is 15.0 Å². The monoisotopic (exact) mass is 520 g/mol. The maximum absolute atomic E-state index is 13.3. The highest BCUT2D eigenvalue weighted by Gasteiger charge is 2.60. The van der Waals surface area contributed by atoms with Crippen molar-refractivity contribution in [3.63, 3.8) is 0 Å². The van der Waals surface area contributed by atoms with Crippen LogP contribution in [-0.2, 0) is 20.9 Å². The molecule has 6 rings (SSSR count). The Kier molecular flexibility index (Phi) is 6.53. The van der Waals surface area contributed by atoms with Crippen molar-refractivity contribution in [1.82, 2.24) is 24.8 Å². The number of amides is 1. The Morgan fingerprint density at radius 3 is 2.84 bits per heavy atom. The summed E-state index contributed by atoms with van der Waals surface area (Å²) in [5.74, 6) is 2.88. The van der Waals surface area contributed by atoms with Gasteiger partial charge in [0.05, 0.1) is 19.5 Å². The van der Waals surface area contributed by atoms with Gasteiger partial charge in [-0.05, 0) is 79.6 Å². The lowest BCUT2D eigenvalue weighted by Crippen LogP contribution is -2.52. The Morgan fingerprint density at radius 2 is 1.97 bits per heavy atom. The minimum Gasteiger partial charge on any atom is -0.382 e. The zero-order chi connectivity index (χ0) is 26.5. The number of nitrogen functional groups attached to an aromatic ring is 1. The van der Waals surface area contributed by atoms with E-state index in [9.17, 15) is 9.59 Å². The molecule has 0 unspecified atom stereocenters. The molecule has 9 heteroatoms. The van der Waals surface area contributed by atoms with E-state index in [1.54, 1.807) is 6.33 Å². The first kappa shape index (κ1) is 25.5. The molecule has 0 radical (unpaired) electrons. The summed E-state index contributed by atoms with van der Waals surface area (Å²) in [5, 5.41) is 3.18. The molecule has 38 heavy (non-hydrogen) atoms. The van der Waals surface area contributed by atoms with E-state index in [-0.39, 0.29) is 22.7 Å². The van der Waals surface area contributed by atoms with Gasteiger partial charge in [-0.2, -0.15) is 0 Å². The number of ether oxygens (including phenoxy) is 1. The number of nitrogens with two attached hydrogens (primary N) is 1. The fraction of sp³-hybridized carbons (Fsp3) is 0.690. The van der Waals surface area contributed by atoms with E-state index >= 15 is 0 Å². The fourth-order valence-electron chi connectivity index (χ4n) is 8.69. The Balaban J connectivity index is 1.00. The first-order valence-corrected chi connectivity index (χ1v) is 14.3. The third-order valence-corrected chi connectivity index (χ3v) is 10.7.